The number of carbonyl (C=O) groups excluding carboxylic acids is 2. The van der Waals surface area contributed by atoms with Crippen LogP contribution in [0, 0.1) is 0 Å². The molecule has 0 radical (unpaired) electrons. The van der Waals surface area contributed by atoms with Gasteiger partial charge in [0.2, 0.25) is 11.8 Å². The van der Waals surface area contributed by atoms with Gasteiger partial charge in [0.25, 0.3) is 0 Å². The van der Waals surface area contributed by atoms with Crippen molar-refractivity contribution < 1.29 is 9.59 Å². The number of hydrogen-bond donors (Lipinski definition) is 2. The molecule has 1 fully saturated rings. The van der Waals surface area contributed by atoms with E-state index in [9.17, 15) is 9.59 Å². The lowest BCUT2D eigenvalue weighted by atomic mass is 9.96. The summed E-state index contributed by atoms with van der Waals surface area (Å²) in [5, 5.41) is 5.70. The Morgan fingerprint density at radius 3 is 1.80 bits per heavy atom. The Morgan fingerprint density at radius 2 is 1.47 bits per heavy atom. The third kappa shape index (κ3) is 3.51. The number of nitrogens with one attached hydrogen (secondary N) is 2. The number of amides is 2. The molecule has 0 saturated carbocycles. The highest BCUT2D eigenvalue weighted by Gasteiger charge is 2.34. The van der Waals surface area contributed by atoms with Crippen molar-refractivity contribution in [3.63, 3.8) is 0 Å². The van der Waals surface area contributed by atoms with Gasteiger partial charge in [-0.3, -0.25) is 9.59 Å². The van der Waals surface area contributed by atoms with Gasteiger partial charge in [-0.15, -0.1) is 0 Å². The summed E-state index contributed by atoms with van der Waals surface area (Å²) in [4.78, 5) is 24.4. The second kappa shape index (κ2) is 4.61. The minimum absolute atomic E-state index is 0.103. The summed E-state index contributed by atoms with van der Waals surface area (Å²) in [7, 11) is 2.03. The predicted molar refractivity (Wildman–Crippen MR) is 57.1 cm³/mol. The first-order chi connectivity index (χ1) is 6.93. The molecule has 5 nitrogen and oxygen atoms in total. The molecule has 1 aliphatic heterocycles. The molecule has 0 bridgehead atoms. The molecule has 0 unspecified atom stereocenters. The number of rotatable bonds is 2. The smallest absolute Gasteiger partial charge is 0.218 e. The highest BCUT2D eigenvalue weighted by molar-refractivity contribution is 5.77. The van der Waals surface area contributed by atoms with Crippen LogP contribution in [0.2, 0.25) is 0 Å². The van der Waals surface area contributed by atoms with Gasteiger partial charge in [-0.2, -0.15) is 0 Å². The lowest BCUT2D eigenvalue weighted by Crippen LogP contribution is -2.63. The maximum Gasteiger partial charge on any atom is 0.218 e. The van der Waals surface area contributed by atoms with E-state index < -0.39 is 5.66 Å². The fourth-order valence-electron chi connectivity index (χ4n) is 1.96. The summed E-state index contributed by atoms with van der Waals surface area (Å²) in [6.45, 7) is 4.70. The van der Waals surface area contributed by atoms with Crippen molar-refractivity contribution in [3.8, 4) is 0 Å². The number of nitrogens with zero attached hydrogens (tertiary/aromatic N) is 1. The molecule has 2 N–H and O–H groups in total. The van der Waals surface area contributed by atoms with Crippen molar-refractivity contribution in [2.75, 3.05) is 20.1 Å². The summed E-state index contributed by atoms with van der Waals surface area (Å²) in [6, 6.07) is 0. The molecule has 0 atom stereocenters. The van der Waals surface area contributed by atoms with E-state index in [4.69, 9.17) is 0 Å². The van der Waals surface area contributed by atoms with Crippen LogP contribution in [0.3, 0.4) is 0 Å². The van der Waals surface area contributed by atoms with E-state index in [-0.39, 0.29) is 11.8 Å². The van der Waals surface area contributed by atoms with Crippen molar-refractivity contribution in [2.24, 2.45) is 0 Å². The molecule has 5 heteroatoms. The van der Waals surface area contributed by atoms with Gasteiger partial charge < -0.3 is 15.5 Å². The summed E-state index contributed by atoms with van der Waals surface area (Å²) < 4.78 is 0. The van der Waals surface area contributed by atoms with Crippen molar-refractivity contribution in [1.29, 1.82) is 0 Å². The van der Waals surface area contributed by atoms with Crippen LogP contribution in [0.15, 0.2) is 0 Å². The fraction of sp³-hybridized carbons (Fsp3) is 0.800. The van der Waals surface area contributed by atoms with Gasteiger partial charge in [0.1, 0.15) is 5.66 Å². The van der Waals surface area contributed by atoms with Gasteiger partial charge in [-0.25, -0.2) is 0 Å². The molecule has 0 spiro atoms. The first kappa shape index (κ1) is 12.0. The average molecular weight is 213 g/mol. The van der Waals surface area contributed by atoms with Gasteiger partial charge in [0, 0.05) is 39.8 Å². The number of piperidine rings is 1. The minimum Gasteiger partial charge on any atom is -0.334 e. The van der Waals surface area contributed by atoms with Crippen LogP contribution in [-0.4, -0.2) is 42.5 Å². The second-order valence-electron chi connectivity index (χ2n) is 4.25. The Labute approximate surface area is 90.2 Å². The Morgan fingerprint density at radius 1 is 1.07 bits per heavy atom. The first-order valence-corrected chi connectivity index (χ1v) is 5.20. The van der Waals surface area contributed by atoms with Gasteiger partial charge in [-0.1, -0.05) is 0 Å². The topological polar surface area (TPSA) is 61.4 Å². The molecule has 1 saturated heterocycles. The van der Waals surface area contributed by atoms with Gasteiger partial charge >= 0.3 is 0 Å². The predicted octanol–water partition coefficient (Wildman–Crippen LogP) is -0.320. The van der Waals surface area contributed by atoms with Gasteiger partial charge in [0.15, 0.2) is 0 Å². The number of hydrogen-bond acceptors (Lipinski definition) is 3. The largest absolute Gasteiger partial charge is 0.334 e. The van der Waals surface area contributed by atoms with Crippen LogP contribution in [-0.2, 0) is 9.59 Å². The lowest BCUT2D eigenvalue weighted by Gasteiger charge is -2.41. The zero-order valence-corrected chi connectivity index (χ0v) is 9.59. The van der Waals surface area contributed by atoms with Crippen molar-refractivity contribution in [1.82, 2.24) is 15.5 Å². The third-order valence-corrected chi connectivity index (χ3v) is 2.67. The van der Waals surface area contributed by atoms with Crippen molar-refractivity contribution in [3.05, 3.63) is 0 Å². The SMILES string of the molecule is CC(=O)NC1(NC(C)=O)CCN(C)CC1. The summed E-state index contributed by atoms with van der Waals surface area (Å²) >= 11 is 0. The lowest BCUT2D eigenvalue weighted by molar-refractivity contribution is -0.126. The molecular formula is C10H19N3O2. The van der Waals surface area contributed by atoms with E-state index in [0.29, 0.717) is 0 Å². The summed E-state index contributed by atoms with van der Waals surface area (Å²) in [5.41, 5.74) is -0.538. The molecule has 86 valence electrons. The third-order valence-electron chi connectivity index (χ3n) is 2.67. The van der Waals surface area contributed by atoms with E-state index in [2.05, 4.69) is 15.5 Å². The number of likely N-dealkylation sites (tertiary alicyclic amines) is 1. The van der Waals surface area contributed by atoms with Crippen LogP contribution in [0.1, 0.15) is 26.7 Å². The molecule has 0 aliphatic carbocycles. The monoisotopic (exact) mass is 213 g/mol. The van der Waals surface area contributed by atoms with E-state index in [1.807, 2.05) is 7.05 Å². The molecule has 0 aromatic rings. The normalized spacial score (nSPS) is 20.7. The molecule has 2 amide bonds. The van der Waals surface area contributed by atoms with Crippen LogP contribution >= 0.6 is 0 Å². The molecule has 15 heavy (non-hydrogen) atoms. The van der Waals surface area contributed by atoms with E-state index in [0.717, 1.165) is 25.9 Å². The molecule has 0 aromatic carbocycles. The van der Waals surface area contributed by atoms with Crippen LogP contribution in [0.25, 0.3) is 0 Å². The van der Waals surface area contributed by atoms with Gasteiger partial charge in [0.05, 0.1) is 0 Å². The van der Waals surface area contributed by atoms with Crippen LogP contribution in [0.4, 0.5) is 0 Å². The minimum atomic E-state index is -0.538. The Kier molecular flexibility index (Phi) is 3.68. The van der Waals surface area contributed by atoms with E-state index >= 15 is 0 Å². The Balaban J connectivity index is 2.68. The maximum atomic E-state index is 11.1. The molecule has 1 rings (SSSR count). The molecule has 0 aromatic heterocycles. The Hall–Kier alpha value is -1.10. The van der Waals surface area contributed by atoms with Crippen LogP contribution in [0.5, 0.6) is 0 Å². The molecule has 1 heterocycles. The fourth-order valence-corrected chi connectivity index (χ4v) is 1.96. The second-order valence-corrected chi connectivity index (χ2v) is 4.25. The number of carbonyl (C=O) groups is 2. The summed E-state index contributed by atoms with van der Waals surface area (Å²) in [5.74, 6) is -0.207. The zero-order chi connectivity index (χ0) is 11.5. The van der Waals surface area contributed by atoms with Crippen molar-refractivity contribution in [2.45, 2.75) is 32.4 Å². The highest BCUT2D eigenvalue weighted by Crippen LogP contribution is 2.18. The van der Waals surface area contributed by atoms with Crippen LogP contribution < -0.4 is 10.6 Å². The highest BCUT2D eigenvalue weighted by atomic mass is 16.2. The average Bonchev–Trinajstić information content (AvgIpc) is 2.08. The quantitative estimate of drug-likeness (QED) is 0.618. The van der Waals surface area contributed by atoms with Crippen molar-refractivity contribution >= 4 is 11.8 Å². The molecular weight excluding hydrogens is 194 g/mol. The van der Waals surface area contributed by atoms with E-state index in [1.165, 1.54) is 13.8 Å². The Bertz CT molecular complexity index is 239. The van der Waals surface area contributed by atoms with Gasteiger partial charge in [-0.05, 0) is 7.05 Å². The zero-order valence-electron chi connectivity index (χ0n) is 9.59. The van der Waals surface area contributed by atoms with E-state index in [1.54, 1.807) is 0 Å². The maximum absolute atomic E-state index is 11.1. The standard InChI is InChI=1S/C10H19N3O2/c1-8(14)11-10(12-9(2)15)4-6-13(3)7-5-10/h4-7H2,1-3H3,(H,11,14)(H,12,15). The first-order valence-electron chi connectivity index (χ1n) is 5.20. The summed E-state index contributed by atoms with van der Waals surface area (Å²) in [6.07, 6.45) is 1.51. The molecule has 1 aliphatic rings.